The summed E-state index contributed by atoms with van der Waals surface area (Å²) in [6, 6.07) is 12.2. The van der Waals surface area contributed by atoms with Crippen LogP contribution in [0.25, 0.3) is 0 Å². The predicted octanol–water partition coefficient (Wildman–Crippen LogP) is 2.99. The molecule has 8 nitrogen and oxygen atoms in total. The molecular weight excluding hydrogens is 364 g/mol. The van der Waals surface area contributed by atoms with Gasteiger partial charge in [0.2, 0.25) is 0 Å². The van der Waals surface area contributed by atoms with Crippen LogP contribution in [0.2, 0.25) is 0 Å². The fourth-order valence-electron chi connectivity index (χ4n) is 2.12. The number of methoxy groups -OCH3 is 1. The summed E-state index contributed by atoms with van der Waals surface area (Å²) in [4.78, 5) is 35.5. The second-order valence-electron chi connectivity index (χ2n) is 5.68. The monoisotopic (exact) mass is 386 g/mol. The van der Waals surface area contributed by atoms with E-state index in [4.69, 9.17) is 14.2 Å². The minimum absolute atomic E-state index is 0.277. The van der Waals surface area contributed by atoms with Gasteiger partial charge in [0.25, 0.3) is 5.91 Å². The molecule has 2 aromatic rings. The molecule has 0 spiro atoms. The van der Waals surface area contributed by atoms with E-state index in [1.165, 1.54) is 7.11 Å². The number of carbonyl (C=O) groups is 3. The lowest BCUT2D eigenvalue weighted by molar-refractivity contribution is -0.123. The summed E-state index contributed by atoms with van der Waals surface area (Å²) in [5.74, 6) is -0.139. The van der Waals surface area contributed by atoms with Crippen molar-refractivity contribution >= 4 is 23.6 Å². The molecule has 0 aromatic heterocycles. The Morgan fingerprint density at radius 1 is 0.929 bits per heavy atom. The summed E-state index contributed by atoms with van der Waals surface area (Å²) in [6.45, 7) is 2.00. The molecule has 0 aliphatic rings. The first-order valence-electron chi connectivity index (χ1n) is 8.66. The average Bonchev–Trinajstić information content (AvgIpc) is 2.71. The van der Waals surface area contributed by atoms with Gasteiger partial charge in [-0.2, -0.15) is 0 Å². The fourth-order valence-corrected chi connectivity index (χ4v) is 2.12. The number of amides is 3. The van der Waals surface area contributed by atoms with Gasteiger partial charge in [-0.25, -0.2) is 9.59 Å². The van der Waals surface area contributed by atoms with Crippen molar-refractivity contribution in [2.45, 2.75) is 13.3 Å². The zero-order chi connectivity index (χ0) is 20.4. The first kappa shape index (κ1) is 20.8. The number of carbonyl (C=O) groups excluding carboxylic acids is 3. The molecule has 3 amide bonds. The lowest BCUT2D eigenvalue weighted by atomic mass is 10.2. The smallest absolute Gasteiger partial charge is 0.338 e. The third-order valence-electron chi connectivity index (χ3n) is 3.50. The van der Waals surface area contributed by atoms with Gasteiger partial charge in [0.1, 0.15) is 11.5 Å². The molecule has 0 atom stereocenters. The van der Waals surface area contributed by atoms with Crippen molar-refractivity contribution in [2.24, 2.45) is 0 Å². The minimum atomic E-state index is -0.748. The van der Waals surface area contributed by atoms with E-state index in [-0.39, 0.29) is 5.56 Å². The second kappa shape index (κ2) is 10.6. The Labute approximate surface area is 162 Å². The quantitative estimate of drug-likeness (QED) is 0.676. The maximum Gasteiger partial charge on any atom is 0.338 e. The molecule has 0 aliphatic heterocycles. The number of rotatable bonds is 8. The maximum atomic E-state index is 12.0. The predicted molar refractivity (Wildman–Crippen MR) is 103 cm³/mol. The van der Waals surface area contributed by atoms with Crippen LogP contribution in [0, 0.1) is 0 Å². The van der Waals surface area contributed by atoms with Crippen molar-refractivity contribution in [1.82, 2.24) is 5.32 Å². The number of anilines is 1. The number of ether oxygens (including phenoxy) is 3. The van der Waals surface area contributed by atoms with E-state index in [1.54, 1.807) is 48.5 Å². The van der Waals surface area contributed by atoms with Crippen molar-refractivity contribution in [3.8, 4) is 11.5 Å². The third-order valence-corrected chi connectivity index (χ3v) is 3.50. The molecule has 0 fully saturated rings. The number of hydrogen-bond donors (Lipinski definition) is 2. The van der Waals surface area contributed by atoms with Crippen LogP contribution in [0.5, 0.6) is 11.5 Å². The van der Waals surface area contributed by atoms with Crippen molar-refractivity contribution in [3.63, 3.8) is 0 Å². The summed E-state index contributed by atoms with van der Waals surface area (Å²) in [5.41, 5.74) is 0.757. The Morgan fingerprint density at radius 2 is 1.57 bits per heavy atom. The Bertz CT molecular complexity index is 802. The van der Waals surface area contributed by atoms with Gasteiger partial charge >= 0.3 is 12.0 Å². The molecule has 2 N–H and O–H groups in total. The molecule has 28 heavy (non-hydrogen) atoms. The van der Waals surface area contributed by atoms with Crippen LogP contribution in [0.3, 0.4) is 0 Å². The van der Waals surface area contributed by atoms with E-state index in [0.29, 0.717) is 23.8 Å². The highest BCUT2D eigenvalue weighted by atomic mass is 16.5. The van der Waals surface area contributed by atoms with Crippen LogP contribution in [0.1, 0.15) is 23.7 Å². The van der Waals surface area contributed by atoms with Gasteiger partial charge in [0, 0.05) is 5.69 Å². The molecule has 148 valence electrons. The summed E-state index contributed by atoms with van der Waals surface area (Å²) in [7, 11) is 1.53. The molecule has 8 heteroatoms. The van der Waals surface area contributed by atoms with Crippen LogP contribution in [-0.2, 0) is 9.53 Å². The van der Waals surface area contributed by atoms with Gasteiger partial charge in [0.15, 0.2) is 6.61 Å². The Kier molecular flexibility index (Phi) is 7.83. The van der Waals surface area contributed by atoms with Crippen molar-refractivity contribution < 1.29 is 28.6 Å². The zero-order valence-electron chi connectivity index (χ0n) is 15.7. The minimum Gasteiger partial charge on any atom is -0.497 e. The lowest BCUT2D eigenvalue weighted by Crippen LogP contribution is -2.37. The third kappa shape index (κ3) is 6.64. The highest BCUT2D eigenvalue weighted by Crippen LogP contribution is 2.15. The second-order valence-corrected chi connectivity index (χ2v) is 5.68. The number of benzene rings is 2. The van der Waals surface area contributed by atoms with E-state index in [2.05, 4.69) is 10.6 Å². The van der Waals surface area contributed by atoms with Crippen LogP contribution >= 0.6 is 0 Å². The molecule has 0 radical (unpaired) electrons. The normalized spacial score (nSPS) is 9.93. The molecule has 0 heterocycles. The zero-order valence-corrected chi connectivity index (χ0v) is 15.7. The van der Waals surface area contributed by atoms with E-state index in [1.807, 2.05) is 6.92 Å². The fraction of sp³-hybridized carbons (Fsp3) is 0.250. The van der Waals surface area contributed by atoms with Crippen LogP contribution in [0.15, 0.2) is 48.5 Å². The van der Waals surface area contributed by atoms with Crippen molar-refractivity contribution in [1.29, 1.82) is 0 Å². The van der Waals surface area contributed by atoms with Gasteiger partial charge in [-0.15, -0.1) is 0 Å². The topological polar surface area (TPSA) is 103 Å². The molecule has 0 saturated carbocycles. The van der Waals surface area contributed by atoms with Crippen LogP contribution < -0.4 is 20.1 Å². The van der Waals surface area contributed by atoms with Gasteiger partial charge in [0.05, 0.1) is 19.3 Å². The largest absolute Gasteiger partial charge is 0.497 e. The standard InChI is InChI=1S/C20H22N2O6/c1-3-12-27-17-8-4-14(5-9-17)19(24)28-13-18(23)22-20(25)21-15-6-10-16(26-2)11-7-15/h4-11H,3,12-13H2,1-2H3,(H2,21,22,23,25). The molecule has 2 aromatic carbocycles. The number of hydrogen-bond acceptors (Lipinski definition) is 6. The highest BCUT2D eigenvalue weighted by Gasteiger charge is 2.13. The van der Waals surface area contributed by atoms with Crippen LogP contribution in [0.4, 0.5) is 10.5 Å². The van der Waals surface area contributed by atoms with Crippen molar-refractivity contribution in [2.75, 3.05) is 25.6 Å². The Hall–Kier alpha value is -3.55. The van der Waals surface area contributed by atoms with E-state index >= 15 is 0 Å². The highest BCUT2D eigenvalue weighted by molar-refractivity contribution is 6.02. The number of urea groups is 1. The molecule has 2 rings (SSSR count). The molecule has 0 aliphatic carbocycles. The van der Waals surface area contributed by atoms with Gasteiger partial charge in [-0.05, 0) is 55.0 Å². The first-order valence-corrected chi connectivity index (χ1v) is 8.66. The maximum absolute atomic E-state index is 12.0. The molecular formula is C20H22N2O6. The molecule has 0 bridgehead atoms. The average molecular weight is 386 g/mol. The van der Waals surface area contributed by atoms with E-state index in [0.717, 1.165) is 6.42 Å². The molecule has 0 saturated heterocycles. The number of nitrogens with one attached hydrogen (secondary N) is 2. The Morgan fingerprint density at radius 3 is 2.18 bits per heavy atom. The summed E-state index contributed by atoms with van der Waals surface area (Å²) in [5, 5.41) is 4.56. The van der Waals surface area contributed by atoms with E-state index < -0.39 is 24.5 Å². The van der Waals surface area contributed by atoms with Crippen LogP contribution in [-0.4, -0.2) is 38.2 Å². The van der Waals surface area contributed by atoms with E-state index in [9.17, 15) is 14.4 Å². The number of imide groups is 1. The summed E-state index contributed by atoms with van der Waals surface area (Å²) < 4.78 is 15.3. The van der Waals surface area contributed by atoms with Gasteiger partial charge < -0.3 is 19.5 Å². The number of esters is 1. The lowest BCUT2D eigenvalue weighted by Gasteiger charge is -2.08. The first-order chi connectivity index (χ1) is 13.5. The molecule has 0 unspecified atom stereocenters. The SMILES string of the molecule is CCCOc1ccc(C(=O)OCC(=O)NC(=O)Nc2ccc(OC)cc2)cc1. The van der Waals surface area contributed by atoms with Gasteiger partial charge in [-0.3, -0.25) is 10.1 Å². The summed E-state index contributed by atoms with van der Waals surface area (Å²) in [6.07, 6.45) is 0.880. The Balaban J connectivity index is 1.76. The van der Waals surface area contributed by atoms with Gasteiger partial charge in [-0.1, -0.05) is 6.92 Å². The van der Waals surface area contributed by atoms with Crippen molar-refractivity contribution in [3.05, 3.63) is 54.1 Å². The summed E-state index contributed by atoms with van der Waals surface area (Å²) >= 11 is 0.